The Morgan fingerprint density at radius 2 is 2.31 bits per heavy atom. The number of aliphatic hydroxyl groups excluding tert-OH is 1. The maximum atomic E-state index is 9.10. The molecular formula is C11H16OS. The number of rotatable bonds is 3. The van der Waals surface area contributed by atoms with Gasteiger partial charge in [-0.25, -0.2) is 0 Å². The first-order valence-corrected chi connectivity index (χ1v) is 5.38. The summed E-state index contributed by atoms with van der Waals surface area (Å²) in [5, 5.41) is 11.2. The molecule has 0 atom stereocenters. The largest absolute Gasteiger partial charge is 0.392 e. The van der Waals surface area contributed by atoms with Gasteiger partial charge in [-0.05, 0) is 35.4 Å². The van der Waals surface area contributed by atoms with Gasteiger partial charge in [-0.15, -0.1) is 11.3 Å². The zero-order valence-corrected chi connectivity index (χ0v) is 9.19. The Labute approximate surface area is 83.7 Å². The van der Waals surface area contributed by atoms with Gasteiger partial charge in [0.2, 0.25) is 0 Å². The average Bonchev–Trinajstić information content (AvgIpc) is 2.46. The van der Waals surface area contributed by atoms with Crippen LogP contribution < -0.4 is 0 Å². The van der Waals surface area contributed by atoms with Crippen molar-refractivity contribution in [1.82, 2.24) is 0 Å². The summed E-state index contributed by atoms with van der Waals surface area (Å²) in [7, 11) is 0. The summed E-state index contributed by atoms with van der Waals surface area (Å²) in [4.78, 5) is 1.31. The average molecular weight is 196 g/mol. The quantitative estimate of drug-likeness (QED) is 0.787. The molecule has 0 aliphatic rings. The highest BCUT2D eigenvalue weighted by Crippen LogP contribution is 2.19. The predicted molar refractivity (Wildman–Crippen MR) is 59.0 cm³/mol. The highest BCUT2D eigenvalue weighted by atomic mass is 32.1. The molecule has 13 heavy (non-hydrogen) atoms. The molecule has 0 radical (unpaired) electrons. The van der Waals surface area contributed by atoms with Gasteiger partial charge in [-0.3, -0.25) is 0 Å². The monoisotopic (exact) mass is 196 g/mol. The van der Waals surface area contributed by atoms with E-state index in [9.17, 15) is 0 Å². The van der Waals surface area contributed by atoms with Crippen LogP contribution in [0.25, 0.3) is 6.08 Å². The molecule has 1 nitrogen and oxygen atoms in total. The Morgan fingerprint density at radius 3 is 2.69 bits per heavy atom. The lowest BCUT2D eigenvalue weighted by Crippen LogP contribution is -1.98. The molecule has 0 saturated carbocycles. The van der Waals surface area contributed by atoms with Crippen LogP contribution in [0, 0.1) is 12.8 Å². The second-order valence-electron chi connectivity index (χ2n) is 3.52. The fourth-order valence-corrected chi connectivity index (χ4v) is 1.81. The van der Waals surface area contributed by atoms with Crippen LogP contribution in [0.4, 0.5) is 0 Å². The van der Waals surface area contributed by atoms with Crippen LogP contribution in [-0.4, -0.2) is 11.7 Å². The van der Waals surface area contributed by atoms with Crippen molar-refractivity contribution in [3.05, 3.63) is 27.5 Å². The van der Waals surface area contributed by atoms with Gasteiger partial charge >= 0.3 is 0 Å². The van der Waals surface area contributed by atoms with Crippen LogP contribution in [0.3, 0.4) is 0 Å². The van der Waals surface area contributed by atoms with E-state index in [1.165, 1.54) is 10.4 Å². The number of aliphatic hydroxyl groups is 1. The lowest BCUT2D eigenvalue weighted by Gasteiger charge is -2.06. The molecule has 1 heterocycles. The van der Waals surface area contributed by atoms with Gasteiger partial charge in [0, 0.05) is 4.88 Å². The Hall–Kier alpha value is -0.600. The highest BCUT2D eigenvalue weighted by Gasteiger charge is 2.02. The standard InChI is InChI=1S/C11H16OS/c1-8(2)11(6-12)5-10-4-9(3)13-7-10/h4-5,7-8,12H,6H2,1-3H3/b11-5-. The van der Waals surface area contributed by atoms with Crippen molar-refractivity contribution in [1.29, 1.82) is 0 Å². The molecule has 0 aliphatic carbocycles. The van der Waals surface area contributed by atoms with Gasteiger partial charge in [0.1, 0.15) is 0 Å². The van der Waals surface area contributed by atoms with E-state index in [0.717, 1.165) is 5.57 Å². The van der Waals surface area contributed by atoms with Gasteiger partial charge in [-0.2, -0.15) is 0 Å². The molecule has 0 fully saturated rings. The normalized spacial score (nSPS) is 12.5. The Bertz CT molecular complexity index is 297. The van der Waals surface area contributed by atoms with Crippen molar-refractivity contribution in [2.75, 3.05) is 6.61 Å². The van der Waals surface area contributed by atoms with E-state index in [0.29, 0.717) is 5.92 Å². The van der Waals surface area contributed by atoms with Gasteiger partial charge in [0.15, 0.2) is 0 Å². The van der Waals surface area contributed by atoms with Crippen LogP contribution in [0.2, 0.25) is 0 Å². The number of hydrogen-bond donors (Lipinski definition) is 1. The van der Waals surface area contributed by atoms with E-state index in [4.69, 9.17) is 5.11 Å². The maximum Gasteiger partial charge on any atom is 0.0647 e. The van der Waals surface area contributed by atoms with E-state index in [-0.39, 0.29) is 6.61 Å². The van der Waals surface area contributed by atoms with E-state index in [2.05, 4.69) is 38.3 Å². The first kappa shape index (κ1) is 10.5. The molecule has 0 saturated heterocycles. The Morgan fingerprint density at radius 1 is 1.62 bits per heavy atom. The summed E-state index contributed by atoms with van der Waals surface area (Å²) in [5.74, 6) is 0.421. The lowest BCUT2D eigenvalue weighted by molar-refractivity contribution is 0.320. The van der Waals surface area contributed by atoms with Crippen molar-refractivity contribution >= 4 is 17.4 Å². The minimum atomic E-state index is 0.159. The number of aryl methyl sites for hydroxylation is 1. The molecule has 0 unspecified atom stereocenters. The fourth-order valence-electron chi connectivity index (χ4n) is 1.15. The molecule has 1 aromatic rings. The van der Waals surface area contributed by atoms with Gasteiger partial charge in [0.05, 0.1) is 6.61 Å². The summed E-state index contributed by atoms with van der Waals surface area (Å²) in [6.07, 6.45) is 2.08. The van der Waals surface area contributed by atoms with Crippen LogP contribution >= 0.6 is 11.3 Å². The SMILES string of the molecule is Cc1cc(/C=C(/CO)C(C)C)cs1. The minimum absolute atomic E-state index is 0.159. The molecule has 0 amide bonds. The van der Waals surface area contributed by atoms with E-state index in [1.54, 1.807) is 11.3 Å². The van der Waals surface area contributed by atoms with Crippen LogP contribution in [-0.2, 0) is 0 Å². The first-order valence-electron chi connectivity index (χ1n) is 4.50. The second kappa shape index (κ2) is 4.58. The van der Waals surface area contributed by atoms with Crippen LogP contribution in [0.1, 0.15) is 24.3 Å². The Balaban J connectivity index is 2.84. The second-order valence-corrected chi connectivity index (χ2v) is 4.64. The molecule has 72 valence electrons. The summed E-state index contributed by atoms with van der Waals surface area (Å²) < 4.78 is 0. The summed E-state index contributed by atoms with van der Waals surface area (Å²) >= 11 is 1.74. The molecule has 0 aromatic carbocycles. The number of hydrogen-bond acceptors (Lipinski definition) is 2. The third kappa shape index (κ3) is 2.98. The molecule has 0 spiro atoms. The molecule has 1 aromatic heterocycles. The molecule has 0 bridgehead atoms. The van der Waals surface area contributed by atoms with Crippen molar-refractivity contribution in [2.24, 2.45) is 5.92 Å². The topological polar surface area (TPSA) is 20.2 Å². The molecule has 2 heteroatoms. The van der Waals surface area contributed by atoms with Crippen LogP contribution in [0.15, 0.2) is 17.0 Å². The molecular weight excluding hydrogens is 180 g/mol. The first-order chi connectivity index (χ1) is 6.13. The lowest BCUT2D eigenvalue weighted by atomic mass is 10.0. The van der Waals surface area contributed by atoms with Crippen LogP contribution in [0.5, 0.6) is 0 Å². The van der Waals surface area contributed by atoms with Crippen molar-refractivity contribution < 1.29 is 5.11 Å². The van der Waals surface area contributed by atoms with Gasteiger partial charge in [-0.1, -0.05) is 19.9 Å². The third-order valence-corrected chi connectivity index (χ3v) is 2.91. The fraction of sp³-hybridized carbons (Fsp3) is 0.455. The minimum Gasteiger partial charge on any atom is -0.392 e. The predicted octanol–water partition coefficient (Wildman–Crippen LogP) is 3.09. The van der Waals surface area contributed by atoms with Gasteiger partial charge in [0.25, 0.3) is 0 Å². The van der Waals surface area contributed by atoms with Crippen molar-refractivity contribution in [3.8, 4) is 0 Å². The zero-order valence-electron chi connectivity index (χ0n) is 8.37. The smallest absolute Gasteiger partial charge is 0.0647 e. The summed E-state index contributed by atoms with van der Waals surface area (Å²) in [6.45, 7) is 6.45. The van der Waals surface area contributed by atoms with E-state index in [1.807, 2.05) is 0 Å². The van der Waals surface area contributed by atoms with E-state index >= 15 is 0 Å². The Kier molecular flexibility index (Phi) is 3.70. The van der Waals surface area contributed by atoms with Gasteiger partial charge < -0.3 is 5.11 Å². The summed E-state index contributed by atoms with van der Waals surface area (Å²) in [5.41, 5.74) is 2.30. The third-order valence-electron chi connectivity index (χ3n) is 2.03. The molecule has 1 N–H and O–H groups in total. The van der Waals surface area contributed by atoms with E-state index < -0.39 is 0 Å². The summed E-state index contributed by atoms with van der Waals surface area (Å²) in [6, 6.07) is 2.14. The maximum absolute atomic E-state index is 9.10. The van der Waals surface area contributed by atoms with Crippen molar-refractivity contribution in [3.63, 3.8) is 0 Å². The molecule has 0 aliphatic heterocycles. The zero-order chi connectivity index (χ0) is 9.84. The highest BCUT2D eigenvalue weighted by molar-refractivity contribution is 7.10. The molecule has 1 rings (SSSR count). The number of thiophene rings is 1. The van der Waals surface area contributed by atoms with Crippen molar-refractivity contribution in [2.45, 2.75) is 20.8 Å².